The summed E-state index contributed by atoms with van der Waals surface area (Å²) >= 11 is 5.86. The normalized spacial score (nSPS) is 13.7. The number of allylic oxidation sites excluding steroid dienone is 3. The fraction of sp³-hybridized carbons (Fsp3) is 0.286. The van der Waals surface area contributed by atoms with Crippen molar-refractivity contribution in [2.24, 2.45) is 0 Å². The quantitative estimate of drug-likeness (QED) is 0.635. The highest BCUT2D eigenvalue weighted by Gasteiger charge is 2.10. The van der Waals surface area contributed by atoms with Gasteiger partial charge in [0.15, 0.2) is 0 Å². The Morgan fingerprint density at radius 2 is 2.00 bits per heavy atom. The minimum atomic E-state index is 0.375. The molecule has 0 saturated heterocycles. The van der Waals surface area contributed by atoms with Gasteiger partial charge in [-0.3, -0.25) is 0 Å². The molecule has 1 unspecified atom stereocenters. The maximum atomic E-state index is 5.86. The summed E-state index contributed by atoms with van der Waals surface area (Å²) < 4.78 is 0. The minimum absolute atomic E-state index is 0.375. The summed E-state index contributed by atoms with van der Waals surface area (Å²) in [5, 5.41) is 0.786. The minimum Gasteiger partial charge on any atom is -0.0952 e. The van der Waals surface area contributed by atoms with Crippen LogP contribution in [0.3, 0.4) is 0 Å². The maximum Gasteiger partial charge on any atom is 0.0152 e. The standard InChI is InChI=1S/C14H17Cl/c1-4-14(11(2)10-12(3)15)13-8-6-5-7-9-13/h5-10,14H,2,4H2,1,3H3/b12-10+. The van der Waals surface area contributed by atoms with E-state index in [1.165, 1.54) is 5.56 Å². The zero-order chi connectivity index (χ0) is 11.3. The van der Waals surface area contributed by atoms with Gasteiger partial charge in [-0.25, -0.2) is 0 Å². The lowest BCUT2D eigenvalue weighted by molar-refractivity contribution is 0.778. The fourth-order valence-electron chi connectivity index (χ4n) is 1.75. The van der Waals surface area contributed by atoms with Crippen molar-refractivity contribution in [1.29, 1.82) is 0 Å². The molecule has 1 rings (SSSR count). The third kappa shape index (κ3) is 3.56. The Morgan fingerprint density at radius 1 is 1.40 bits per heavy atom. The van der Waals surface area contributed by atoms with Crippen molar-refractivity contribution in [2.75, 3.05) is 0 Å². The smallest absolute Gasteiger partial charge is 0.0152 e. The molecule has 1 aromatic rings. The molecule has 0 aliphatic carbocycles. The molecule has 0 aliphatic rings. The monoisotopic (exact) mass is 220 g/mol. The van der Waals surface area contributed by atoms with Crippen LogP contribution in [0, 0.1) is 0 Å². The second kappa shape index (κ2) is 5.77. The molecule has 0 nitrogen and oxygen atoms in total. The van der Waals surface area contributed by atoms with Crippen LogP contribution in [0.25, 0.3) is 0 Å². The van der Waals surface area contributed by atoms with E-state index in [9.17, 15) is 0 Å². The lowest BCUT2D eigenvalue weighted by Gasteiger charge is -2.15. The lowest BCUT2D eigenvalue weighted by Crippen LogP contribution is -1.98. The molecule has 0 fully saturated rings. The molecule has 0 heterocycles. The number of benzene rings is 1. The molecule has 0 aliphatic heterocycles. The lowest BCUT2D eigenvalue weighted by atomic mass is 9.89. The zero-order valence-corrected chi connectivity index (χ0v) is 10.1. The zero-order valence-electron chi connectivity index (χ0n) is 9.33. The number of hydrogen-bond acceptors (Lipinski definition) is 0. The molecule has 0 saturated carbocycles. The van der Waals surface area contributed by atoms with Crippen molar-refractivity contribution in [3.8, 4) is 0 Å². The van der Waals surface area contributed by atoms with Gasteiger partial charge in [-0.2, -0.15) is 0 Å². The summed E-state index contributed by atoms with van der Waals surface area (Å²) in [5.41, 5.74) is 2.38. The van der Waals surface area contributed by atoms with Gasteiger partial charge in [0, 0.05) is 11.0 Å². The van der Waals surface area contributed by atoms with Crippen LogP contribution in [0.2, 0.25) is 0 Å². The maximum absolute atomic E-state index is 5.86. The largest absolute Gasteiger partial charge is 0.0952 e. The van der Waals surface area contributed by atoms with E-state index >= 15 is 0 Å². The average molecular weight is 221 g/mol. The number of rotatable bonds is 4. The molecule has 0 aromatic heterocycles. The van der Waals surface area contributed by atoms with Crippen LogP contribution in [-0.2, 0) is 0 Å². The van der Waals surface area contributed by atoms with Crippen LogP contribution in [0.4, 0.5) is 0 Å². The van der Waals surface area contributed by atoms with Crippen LogP contribution < -0.4 is 0 Å². The first-order valence-electron chi connectivity index (χ1n) is 5.22. The molecule has 15 heavy (non-hydrogen) atoms. The number of halogens is 1. The second-order valence-corrected chi connectivity index (χ2v) is 4.27. The van der Waals surface area contributed by atoms with Gasteiger partial charge in [-0.05, 0) is 30.6 Å². The van der Waals surface area contributed by atoms with E-state index in [0.29, 0.717) is 5.92 Å². The van der Waals surface area contributed by atoms with Crippen LogP contribution >= 0.6 is 11.6 Å². The summed E-state index contributed by atoms with van der Waals surface area (Å²) in [5.74, 6) is 0.375. The Hall–Kier alpha value is -1.01. The first-order chi connectivity index (χ1) is 7.15. The van der Waals surface area contributed by atoms with E-state index in [1.54, 1.807) is 0 Å². The highest BCUT2D eigenvalue weighted by molar-refractivity contribution is 6.29. The van der Waals surface area contributed by atoms with E-state index in [-0.39, 0.29) is 0 Å². The second-order valence-electron chi connectivity index (χ2n) is 3.68. The summed E-state index contributed by atoms with van der Waals surface area (Å²) in [6, 6.07) is 10.4. The molecule has 0 spiro atoms. The highest BCUT2D eigenvalue weighted by Crippen LogP contribution is 2.28. The van der Waals surface area contributed by atoms with Crippen molar-refractivity contribution < 1.29 is 0 Å². The summed E-state index contributed by atoms with van der Waals surface area (Å²) in [6.07, 6.45) is 2.99. The fourth-order valence-corrected chi connectivity index (χ4v) is 1.89. The van der Waals surface area contributed by atoms with Gasteiger partial charge in [-0.15, -0.1) is 0 Å². The molecule has 1 atom stereocenters. The first kappa shape index (κ1) is 12.1. The van der Waals surface area contributed by atoms with Gasteiger partial charge < -0.3 is 0 Å². The van der Waals surface area contributed by atoms with E-state index in [0.717, 1.165) is 17.0 Å². The van der Waals surface area contributed by atoms with Crippen molar-refractivity contribution in [3.63, 3.8) is 0 Å². The predicted octanol–water partition coefficient (Wildman–Crippen LogP) is 4.88. The molecule has 0 amide bonds. The summed E-state index contributed by atoms with van der Waals surface area (Å²) in [6.45, 7) is 8.13. The molecule has 1 heteroatoms. The average Bonchev–Trinajstić information content (AvgIpc) is 2.19. The Bertz CT molecular complexity index is 345. The van der Waals surface area contributed by atoms with Gasteiger partial charge in [0.1, 0.15) is 0 Å². The van der Waals surface area contributed by atoms with Crippen LogP contribution in [-0.4, -0.2) is 0 Å². The van der Waals surface area contributed by atoms with Gasteiger partial charge >= 0.3 is 0 Å². The third-order valence-corrected chi connectivity index (χ3v) is 2.55. The first-order valence-corrected chi connectivity index (χ1v) is 5.60. The molecule has 0 N–H and O–H groups in total. The third-order valence-electron chi connectivity index (χ3n) is 2.44. The highest BCUT2D eigenvalue weighted by atomic mass is 35.5. The SMILES string of the molecule is C=C(/C=C(\C)Cl)C(CC)c1ccccc1. The molecule has 0 radical (unpaired) electrons. The van der Waals surface area contributed by atoms with Crippen molar-refractivity contribution in [2.45, 2.75) is 26.2 Å². The Labute approximate surface area is 97.3 Å². The van der Waals surface area contributed by atoms with Gasteiger partial charge in [0.2, 0.25) is 0 Å². The van der Waals surface area contributed by atoms with Crippen LogP contribution in [0.15, 0.2) is 53.6 Å². The van der Waals surface area contributed by atoms with Crippen molar-refractivity contribution in [3.05, 3.63) is 59.2 Å². The van der Waals surface area contributed by atoms with Gasteiger partial charge in [-0.1, -0.05) is 55.4 Å². The van der Waals surface area contributed by atoms with Crippen molar-refractivity contribution in [1.82, 2.24) is 0 Å². The predicted molar refractivity (Wildman–Crippen MR) is 68.2 cm³/mol. The van der Waals surface area contributed by atoms with E-state index in [4.69, 9.17) is 11.6 Å². The van der Waals surface area contributed by atoms with Gasteiger partial charge in [0.25, 0.3) is 0 Å². The molecule has 1 aromatic carbocycles. The molecular formula is C14H17Cl. The Balaban J connectivity index is 2.90. The van der Waals surface area contributed by atoms with Crippen LogP contribution in [0.1, 0.15) is 31.7 Å². The Kier molecular flexibility index (Phi) is 4.64. The van der Waals surface area contributed by atoms with Crippen molar-refractivity contribution >= 4 is 11.6 Å². The topological polar surface area (TPSA) is 0 Å². The summed E-state index contributed by atoms with van der Waals surface area (Å²) in [7, 11) is 0. The Morgan fingerprint density at radius 3 is 2.47 bits per heavy atom. The molecular weight excluding hydrogens is 204 g/mol. The van der Waals surface area contributed by atoms with Gasteiger partial charge in [0.05, 0.1) is 0 Å². The number of hydrogen-bond donors (Lipinski definition) is 0. The summed E-state index contributed by atoms with van der Waals surface area (Å²) in [4.78, 5) is 0. The van der Waals surface area contributed by atoms with E-state index < -0.39 is 0 Å². The molecule has 80 valence electrons. The van der Waals surface area contributed by atoms with Crippen LogP contribution in [0.5, 0.6) is 0 Å². The van der Waals surface area contributed by atoms with E-state index in [1.807, 2.05) is 19.1 Å². The van der Waals surface area contributed by atoms with E-state index in [2.05, 4.69) is 37.8 Å². The molecule has 0 bridgehead atoms.